The Balaban J connectivity index is 1.37. The normalized spacial score (nSPS) is 23.2. The van der Waals surface area contributed by atoms with Gasteiger partial charge in [-0.2, -0.15) is 0 Å². The number of benzene rings is 1. The van der Waals surface area contributed by atoms with Crippen LogP contribution in [0.5, 0.6) is 5.88 Å². The Bertz CT molecular complexity index is 1280. The third-order valence-electron chi connectivity index (χ3n) is 5.81. The van der Waals surface area contributed by atoms with Gasteiger partial charge in [0.1, 0.15) is 30.3 Å². The Hall–Kier alpha value is -2.79. The number of halogens is 1. The van der Waals surface area contributed by atoms with Crippen LogP contribution in [0.2, 0.25) is 0 Å². The summed E-state index contributed by atoms with van der Waals surface area (Å²) in [4.78, 5) is 14.8. The molecular weight excluding hydrogens is 478 g/mol. The number of fused-ring (bicyclic) bond motifs is 2. The molecule has 5 rings (SSSR count). The van der Waals surface area contributed by atoms with Crippen LogP contribution < -0.4 is 9.64 Å². The number of ether oxygens (including phenoxy) is 2. The summed E-state index contributed by atoms with van der Waals surface area (Å²) in [6, 6.07) is 9.79. The van der Waals surface area contributed by atoms with Crippen molar-refractivity contribution in [2.45, 2.75) is 24.5 Å². The summed E-state index contributed by atoms with van der Waals surface area (Å²) >= 11 is 3.44. The maximum absolute atomic E-state index is 10.7. The molecule has 1 fully saturated rings. The second-order valence-corrected chi connectivity index (χ2v) is 8.72. The fourth-order valence-corrected chi connectivity index (χ4v) is 4.47. The van der Waals surface area contributed by atoms with Crippen LogP contribution in [0.4, 0.5) is 5.69 Å². The molecule has 0 bridgehead atoms. The molecule has 0 unspecified atom stereocenters. The van der Waals surface area contributed by atoms with Crippen LogP contribution in [-0.4, -0.2) is 68.7 Å². The van der Waals surface area contributed by atoms with Crippen LogP contribution in [0.3, 0.4) is 0 Å². The summed E-state index contributed by atoms with van der Waals surface area (Å²) in [6.45, 7) is 0.383. The molecule has 166 valence electrons. The van der Waals surface area contributed by atoms with E-state index in [1.165, 1.54) is 13.4 Å². The lowest BCUT2D eigenvalue weighted by atomic mass is 10.1. The Kier molecular flexibility index (Phi) is 5.46. The molecule has 1 saturated heterocycles. The molecule has 0 aliphatic carbocycles. The van der Waals surface area contributed by atoms with Crippen molar-refractivity contribution in [1.82, 2.24) is 19.5 Å². The number of aliphatic hydroxyl groups excluding tert-OH is 2. The number of rotatable bonds is 5. The Morgan fingerprint density at radius 1 is 1.16 bits per heavy atom. The van der Waals surface area contributed by atoms with Crippen LogP contribution in [0, 0.1) is 0 Å². The fourth-order valence-electron chi connectivity index (χ4n) is 4.12. The monoisotopic (exact) mass is 499 g/mol. The second-order valence-electron chi connectivity index (χ2n) is 7.80. The van der Waals surface area contributed by atoms with Gasteiger partial charge in [0.05, 0.1) is 18.0 Å². The largest absolute Gasteiger partial charge is 0.480 e. The van der Waals surface area contributed by atoms with Crippen LogP contribution in [-0.2, 0) is 4.74 Å². The van der Waals surface area contributed by atoms with Gasteiger partial charge in [0.15, 0.2) is 6.23 Å². The predicted molar refractivity (Wildman–Crippen MR) is 123 cm³/mol. The van der Waals surface area contributed by atoms with Crippen LogP contribution in [0.15, 0.2) is 53.5 Å². The van der Waals surface area contributed by atoms with E-state index in [1.807, 2.05) is 36.2 Å². The van der Waals surface area contributed by atoms with Crippen molar-refractivity contribution in [3.8, 4) is 5.88 Å². The zero-order valence-electron chi connectivity index (χ0n) is 17.5. The maximum Gasteiger partial charge on any atom is 0.225 e. The molecule has 0 spiro atoms. The van der Waals surface area contributed by atoms with E-state index in [-0.39, 0.29) is 0 Å². The highest BCUT2D eigenvalue weighted by Gasteiger charge is 2.44. The highest BCUT2D eigenvalue weighted by molar-refractivity contribution is 9.10. The van der Waals surface area contributed by atoms with Crippen LogP contribution in [0.1, 0.15) is 6.23 Å². The topological polar surface area (TPSA) is 106 Å². The fraction of sp³-hybridized carbons (Fsp3) is 0.318. The van der Waals surface area contributed by atoms with E-state index in [0.29, 0.717) is 23.5 Å². The number of pyridine rings is 1. The molecule has 10 heteroatoms. The summed E-state index contributed by atoms with van der Waals surface area (Å²) in [5.41, 5.74) is 2.37. The van der Waals surface area contributed by atoms with E-state index >= 15 is 0 Å². The summed E-state index contributed by atoms with van der Waals surface area (Å²) in [5.74, 6) is 0.440. The van der Waals surface area contributed by atoms with Gasteiger partial charge < -0.3 is 29.2 Å². The molecule has 1 aliphatic rings. The highest BCUT2D eigenvalue weighted by atomic mass is 79.9. The number of hydrogen-bond acceptors (Lipinski definition) is 8. The van der Waals surface area contributed by atoms with Crippen LogP contribution in [0.25, 0.3) is 21.9 Å². The number of hydrogen-bond donors (Lipinski definition) is 2. The first kappa shape index (κ1) is 21.1. The van der Waals surface area contributed by atoms with Crippen molar-refractivity contribution in [2.24, 2.45) is 0 Å². The molecule has 9 nitrogen and oxygen atoms in total. The lowest BCUT2D eigenvalue weighted by molar-refractivity contribution is -0.0320. The van der Waals surface area contributed by atoms with E-state index < -0.39 is 24.5 Å². The molecule has 3 aromatic heterocycles. The van der Waals surface area contributed by atoms with Crippen molar-refractivity contribution in [1.29, 1.82) is 0 Å². The van der Waals surface area contributed by atoms with Crippen molar-refractivity contribution < 1.29 is 19.7 Å². The van der Waals surface area contributed by atoms with Gasteiger partial charge in [-0.05, 0) is 40.2 Å². The van der Waals surface area contributed by atoms with Crippen LogP contribution >= 0.6 is 15.9 Å². The molecule has 0 amide bonds. The summed E-state index contributed by atoms with van der Waals surface area (Å²) < 4.78 is 14.0. The van der Waals surface area contributed by atoms with Gasteiger partial charge in [0.25, 0.3) is 0 Å². The number of anilines is 1. The van der Waals surface area contributed by atoms with Gasteiger partial charge in [-0.25, -0.2) is 9.97 Å². The number of likely N-dealkylation sites (N-methyl/N-ethyl adjacent to an activating group) is 1. The molecule has 2 N–H and O–H groups in total. The molecule has 1 aromatic carbocycles. The summed E-state index contributed by atoms with van der Waals surface area (Å²) in [6.07, 6.45) is 1.36. The van der Waals surface area contributed by atoms with Crippen molar-refractivity contribution in [2.75, 3.05) is 25.6 Å². The maximum atomic E-state index is 10.7. The lowest BCUT2D eigenvalue weighted by Gasteiger charge is -2.25. The molecule has 1 aliphatic heterocycles. The number of nitrogens with zero attached hydrogens (tertiary/aromatic N) is 5. The number of aliphatic hydroxyl groups is 2. The van der Waals surface area contributed by atoms with E-state index in [0.717, 1.165) is 21.1 Å². The zero-order chi connectivity index (χ0) is 22.4. The van der Waals surface area contributed by atoms with Crippen molar-refractivity contribution in [3.05, 3.63) is 53.5 Å². The molecule has 4 atom stereocenters. The zero-order valence-corrected chi connectivity index (χ0v) is 19.0. The summed E-state index contributed by atoms with van der Waals surface area (Å²) in [7, 11) is 3.45. The van der Waals surface area contributed by atoms with Gasteiger partial charge in [-0.15, -0.1) is 0 Å². The van der Waals surface area contributed by atoms with Gasteiger partial charge in [0, 0.05) is 41.5 Å². The number of methoxy groups -OCH3 is 1. The Morgan fingerprint density at radius 3 is 2.81 bits per heavy atom. The average Bonchev–Trinajstić information content (AvgIpc) is 3.35. The molecular formula is C22H22BrN5O4. The van der Waals surface area contributed by atoms with E-state index in [4.69, 9.17) is 9.47 Å². The van der Waals surface area contributed by atoms with Gasteiger partial charge in [-0.3, -0.25) is 4.98 Å². The highest BCUT2D eigenvalue weighted by Crippen LogP contribution is 2.34. The lowest BCUT2D eigenvalue weighted by Crippen LogP contribution is -2.38. The minimum absolute atomic E-state index is 0.383. The Morgan fingerprint density at radius 2 is 2.00 bits per heavy atom. The van der Waals surface area contributed by atoms with Crippen molar-refractivity contribution in [3.63, 3.8) is 0 Å². The molecule has 0 saturated carbocycles. The second kappa shape index (κ2) is 8.28. The third-order valence-corrected chi connectivity index (χ3v) is 6.24. The molecule has 4 aromatic rings. The van der Waals surface area contributed by atoms with Crippen molar-refractivity contribution >= 4 is 43.6 Å². The first-order valence-corrected chi connectivity index (χ1v) is 10.9. The smallest absolute Gasteiger partial charge is 0.225 e. The third kappa shape index (κ3) is 3.58. The minimum atomic E-state index is -1.11. The van der Waals surface area contributed by atoms with Gasteiger partial charge in [-0.1, -0.05) is 6.07 Å². The molecule has 0 radical (unpaired) electrons. The van der Waals surface area contributed by atoms with E-state index in [9.17, 15) is 10.2 Å². The Labute approximate surface area is 192 Å². The molecule has 32 heavy (non-hydrogen) atoms. The molecule has 4 heterocycles. The van der Waals surface area contributed by atoms with E-state index in [1.54, 1.807) is 23.0 Å². The summed E-state index contributed by atoms with van der Waals surface area (Å²) in [5, 5.41) is 23.2. The average molecular weight is 500 g/mol. The quantitative estimate of drug-likeness (QED) is 0.431. The minimum Gasteiger partial charge on any atom is -0.480 e. The van der Waals surface area contributed by atoms with Gasteiger partial charge in [0.2, 0.25) is 5.88 Å². The first-order chi connectivity index (χ1) is 15.5. The number of aromatic nitrogens is 4. The predicted octanol–water partition coefficient (Wildman–Crippen LogP) is 2.51. The SMILES string of the molecule is COc1ncnc2c1ccn2[C@@H]1O[C@H](CN(C)c2ccc3cc(Br)cnc3c2)[C@@H](O)[C@H]1O. The van der Waals surface area contributed by atoms with Gasteiger partial charge >= 0.3 is 0 Å². The first-order valence-electron chi connectivity index (χ1n) is 10.1. The standard InChI is InChI=1S/C22H22BrN5O4/c1-27(14-4-3-12-7-13(23)9-24-16(12)8-14)10-17-18(29)19(30)22(32-17)28-6-5-15-20(28)25-11-26-21(15)31-2/h3-9,11,17-19,22,29-30H,10H2,1-2H3/t17-,18-,19-,22-/m1/s1. The van der Waals surface area contributed by atoms with E-state index in [2.05, 4.69) is 30.9 Å².